The van der Waals surface area contributed by atoms with Gasteiger partial charge in [0.1, 0.15) is 0 Å². The van der Waals surface area contributed by atoms with Crippen LogP contribution in [0.25, 0.3) is 0 Å². The van der Waals surface area contributed by atoms with Crippen molar-refractivity contribution < 1.29 is 17.9 Å². The Kier molecular flexibility index (Phi) is 3.83. The first-order valence-electron chi connectivity index (χ1n) is 7.16. The maximum atomic E-state index is 12.6. The smallest absolute Gasteiger partial charge is 0.282 e. The average molecular weight is 290 g/mol. The lowest BCUT2D eigenvalue weighted by Gasteiger charge is -2.40. The minimum absolute atomic E-state index is 0.339. The molecule has 0 aromatic carbocycles. The molecule has 0 saturated carbocycles. The van der Waals surface area contributed by atoms with Gasteiger partial charge in [-0.1, -0.05) is 6.42 Å². The van der Waals surface area contributed by atoms with E-state index in [2.05, 4.69) is 0 Å². The summed E-state index contributed by atoms with van der Waals surface area (Å²) in [5.74, 6) is -0.679. The van der Waals surface area contributed by atoms with E-state index >= 15 is 0 Å². The fourth-order valence-electron chi connectivity index (χ4n) is 3.14. The molecule has 0 aromatic heterocycles. The molecule has 0 aromatic rings. The van der Waals surface area contributed by atoms with Crippen molar-refractivity contribution in [3.63, 3.8) is 0 Å². The maximum Gasteiger partial charge on any atom is 0.282 e. The van der Waals surface area contributed by atoms with Crippen molar-refractivity contribution in [2.75, 3.05) is 39.4 Å². The Hall–Kier alpha value is -0.210. The van der Waals surface area contributed by atoms with Crippen LogP contribution in [0, 0.1) is 0 Å². The van der Waals surface area contributed by atoms with Gasteiger partial charge in [-0.3, -0.25) is 0 Å². The standard InChI is InChI=1S/C12H22N2O4S/c15-19(16,13-6-2-1-3-7-13)14-8-4-5-12(11-14)17-9-10-18-12/h1-11H2. The van der Waals surface area contributed by atoms with E-state index in [-0.39, 0.29) is 0 Å². The van der Waals surface area contributed by atoms with E-state index in [4.69, 9.17) is 9.47 Å². The monoisotopic (exact) mass is 290 g/mol. The minimum Gasteiger partial charge on any atom is -0.346 e. The molecule has 3 rings (SSSR count). The number of hydrogen-bond acceptors (Lipinski definition) is 4. The zero-order chi connectivity index (χ0) is 13.3. The molecule has 0 amide bonds. The van der Waals surface area contributed by atoms with Crippen LogP contribution in [0.1, 0.15) is 32.1 Å². The van der Waals surface area contributed by atoms with Gasteiger partial charge in [-0.2, -0.15) is 17.0 Å². The van der Waals surface area contributed by atoms with Gasteiger partial charge in [0.25, 0.3) is 10.2 Å². The van der Waals surface area contributed by atoms with Crippen LogP contribution in [-0.2, 0) is 19.7 Å². The summed E-state index contributed by atoms with van der Waals surface area (Å²) >= 11 is 0. The van der Waals surface area contributed by atoms with E-state index in [1.165, 1.54) is 0 Å². The van der Waals surface area contributed by atoms with Crippen LogP contribution in [0.5, 0.6) is 0 Å². The summed E-state index contributed by atoms with van der Waals surface area (Å²) in [4.78, 5) is 0. The fraction of sp³-hybridized carbons (Fsp3) is 1.00. The molecular weight excluding hydrogens is 268 g/mol. The Morgan fingerprint density at radius 2 is 1.47 bits per heavy atom. The Morgan fingerprint density at radius 1 is 0.842 bits per heavy atom. The first kappa shape index (κ1) is 13.8. The van der Waals surface area contributed by atoms with Crippen LogP contribution in [0.3, 0.4) is 0 Å². The van der Waals surface area contributed by atoms with Gasteiger partial charge < -0.3 is 9.47 Å². The van der Waals surface area contributed by atoms with Gasteiger partial charge in [0.2, 0.25) is 0 Å². The zero-order valence-electron chi connectivity index (χ0n) is 11.2. The molecule has 3 aliphatic heterocycles. The van der Waals surface area contributed by atoms with Crippen molar-refractivity contribution >= 4 is 10.2 Å². The Labute approximate surface area is 114 Å². The molecule has 7 heteroatoms. The molecule has 0 aliphatic carbocycles. The molecule has 19 heavy (non-hydrogen) atoms. The van der Waals surface area contributed by atoms with Gasteiger partial charge in [0.05, 0.1) is 19.8 Å². The summed E-state index contributed by atoms with van der Waals surface area (Å²) in [7, 11) is -3.34. The first-order chi connectivity index (χ1) is 9.12. The molecule has 6 nitrogen and oxygen atoms in total. The van der Waals surface area contributed by atoms with Gasteiger partial charge in [-0.15, -0.1) is 0 Å². The highest BCUT2D eigenvalue weighted by Crippen LogP contribution is 2.32. The molecule has 0 radical (unpaired) electrons. The molecule has 3 aliphatic rings. The van der Waals surface area contributed by atoms with Crippen molar-refractivity contribution in [3.05, 3.63) is 0 Å². The van der Waals surface area contributed by atoms with Crippen molar-refractivity contribution in [1.29, 1.82) is 0 Å². The second-order valence-corrected chi connectivity index (χ2v) is 7.44. The van der Waals surface area contributed by atoms with Crippen molar-refractivity contribution in [2.24, 2.45) is 0 Å². The van der Waals surface area contributed by atoms with Crippen molar-refractivity contribution in [2.45, 2.75) is 37.9 Å². The lowest BCUT2D eigenvalue weighted by molar-refractivity contribution is -0.179. The molecule has 110 valence electrons. The van der Waals surface area contributed by atoms with Gasteiger partial charge in [0, 0.05) is 26.1 Å². The molecule has 3 heterocycles. The first-order valence-corrected chi connectivity index (χ1v) is 8.55. The molecule has 0 atom stereocenters. The van der Waals surface area contributed by atoms with Crippen molar-refractivity contribution in [1.82, 2.24) is 8.61 Å². The normalized spacial score (nSPS) is 29.9. The Bertz CT molecular complexity index is 413. The molecule has 0 bridgehead atoms. The summed E-state index contributed by atoms with van der Waals surface area (Å²) in [5.41, 5.74) is 0. The summed E-state index contributed by atoms with van der Waals surface area (Å²) in [6.45, 7) is 3.34. The topological polar surface area (TPSA) is 59.1 Å². The van der Waals surface area contributed by atoms with E-state index in [1.807, 2.05) is 0 Å². The predicted octanol–water partition coefficient (Wildman–Crippen LogP) is 0.556. The van der Waals surface area contributed by atoms with E-state index < -0.39 is 16.0 Å². The third kappa shape index (κ3) is 2.67. The van der Waals surface area contributed by atoms with Crippen LogP contribution in [-0.4, -0.2) is 62.2 Å². The van der Waals surface area contributed by atoms with Gasteiger partial charge in [0.15, 0.2) is 5.79 Å². The SMILES string of the molecule is O=S(=O)(N1CCCCC1)N1CCCC2(C1)OCCO2. The van der Waals surface area contributed by atoms with Crippen LogP contribution in [0.15, 0.2) is 0 Å². The van der Waals surface area contributed by atoms with E-state index in [1.54, 1.807) is 8.61 Å². The number of ether oxygens (including phenoxy) is 2. The van der Waals surface area contributed by atoms with Crippen LogP contribution < -0.4 is 0 Å². The predicted molar refractivity (Wildman–Crippen MR) is 69.8 cm³/mol. The number of hydrogen-bond donors (Lipinski definition) is 0. The van der Waals surface area contributed by atoms with Gasteiger partial charge >= 0.3 is 0 Å². The highest BCUT2D eigenvalue weighted by molar-refractivity contribution is 7.86. The van der Waals surface area contributed by atoms with E-state index in [0.29, 0.717) is 39.4 Å². The highest BCUT2D eigenvalue weighted by atomic mass is 32.2. The quantitative estimate of drug-likeness (QED) is 0.745. The van der Waals surface area contributed by atoms with Gasteiger partial charge in [-0.25, -0.2) is 0 Å². The number of rotatable bonds is 2. The second-order valence-electron chi connectivity index (χ2n) is 5.51. The largest absolute Gasteiger partial charge is 0.346 e. The molecule has 1 spiro atoms. The summed E-state index contributed by atoms with van der Waals surface area (Å²) in [6, 6.07) is 0. The second kappa shape index (κ2) is 5.29. The maximum absolute atomic E-state index is 12.6. The summed E-state index contributed by atoms with van der Waals surface area (Å²) in [6.07, 6.45) is 4.64. The van der Waals surface area contributed by atoms with E-state index in [0.717, 1.165) is 32.1 Å². The van der Waals surface area contributed by atoms with Crippen LogP contribution in [0.4, 0.5) is 0 Å². The zero-order valence-corrected chi connectivity index (χ0v) is 12.0. The Morgan fingerprint density at radius 3 is 2.16 bits per heavy atom. The highest BCUT2D eigenvalue weighted by Gasteiger charge is 2.45. The molecule has 0 N–H and O–H groups in total. The average Bonchev–Trinajstić information content (AvgIpc) is 2.88. The lowest BCUT2D eigenvalue weighted by Crippen LogP contribution is -2.55. The Balaban J connectivity index is 1.73. The van der Waals surface area contributed by atoms with Crippen LogP contribution in [0.2, 0.25) is 0 Å². The summed E-state index contributed by atoms with van der Waals surface area (Å²) < 4.78 is 39.7. The third-order valence-corrected chi connectivity index (χ3v) is 6.15. The van der Waals surface area contributed by atoms with E-state index in [9.17, 15) is 8.42 Å². The molecular formula is C12H22N2O4S. The molecule has 0 unspecified atom stereocenters. The lowest BCUT2D eigenvalue weighted by atomic mass is 10.1. The number of piperidine rings is 2. The minimum atomic E-state index is -3.34. The fourth-order valence-corrected chi connectivity index (χ4v) is 4.91. The summed E-state index contributed by atoms with van der Waals surface area (Å²) in [5, 5.41) is 0. The third-order valence-electron chi connectivity index (χ3n) is 4.16. The van der Waals surface area contributed by atoms with Gasteiger partial charge in [-0.05, 0) is 19.3 Å². The molecule has 3 fully saturated rings. The van der Waals surface area contributed by atoms with Crippen molar-refractivity contribution in [3.8, 4) is 0 Å². The number of nitrogens with zero attached hydrogens (tertiary/aromatic N) is 2. The van der Waals surface area contributed by atoms with Crippen LogP contribution >= 0.6 is 0 Å². The molecule has 3 saturated heterocycles.